The second-order valence-corrected chi connectivity index (χ2v) is 8.17. The Hall–Kier alpha value is -1.82. The highest BCUT2D eigenvalue weighted by atomic mass is 79.9. The van der Waals surface area contributed by atoms with Crippen LogP contribution in [0.1, 0.15) is 5.56 Å². The van der Waals surface area contributed by atoms with Crippen molar-refractivity contribution in [3.63, 3.8) is 0 Å². The van der Waals surface area contributed by atoms with Crippen molar-refractivity contribution in [1.29, 1.82) is 0 Å². The molecule has 3 rings (SSSR count). The van der Waals surface area contributed by atoms with Crippen LogP contribution in [0.15, 0.2) is 93.1 Å². The third-order valence-corrected chi connectivity index (χ3v) is 5.49. The van der Waals surface area contributed by atoms with Gasteiger partial charge in [0.25, 0.3) is 0 Å². The minimum atomic E-state index is 0.647. The topological polar surface area (TPSA) is 24.1 Å². The van der Waals surface area contributed by atoms with Gasteiger partial charge in [0, 0.05) is 26.5 Å². The van der Waals surface area contributed by atoms with Crippen LogP contribution in [-0.4, -0.2) is 11.7 Å². The van der Waals surface area contributed by atoms with Crippen molar-refractivity contribution >= 4 is 50.7 Å². The largest absolute Gasteiger partial charge is 0.362 e. The molecule has 2 nitrogen and oxygen atoms in total. The van der Waals surface area contributed by atoms with Crippen molar-refractivity contribution in [2.45, 2.75) is 16.2 Å². The van der Waals surface area contributed by atoms with Gasteiger partial charge in [0.2, 0.25) is 0 Å². The number of hydrogen-bond acceptors (Lipinski definition) is 2. The summed E-state index contributed by atoms with van der Waals surface area (Å²) >= 11 is 10.6. The SMILES string of the molecule is S=C(NCCc1ccccc1)Nc1ccc(Sc2ccc(Br)cc2)cc1. The quantitative estimate of drug-likeness (QED) is 0.448. The molecule has 0 aliphatic rings. The van der Waals surface area contributed by atoms with Gasteiger partial charge in [-0.2, -0.15) is 0 Å². The van der Waals surface area contributed by atoms with Gasteiger partial charge in [-0.3, -0.25) is 0 Å². The predicted octanol–water partition coefficient (Wildman–Crippen LogP) is 6.13. The summed E-state index contributed by atoms with van der Waals surface area (Å²) in [6.07, 6.45) is 0.950. The van der Waals surface area contributed by atoms with Crippen LogP contribution in [0.2, 0.25) is 0 Å². The minimum absolute atomic E-state index is 0.647. The van der Waals surface area contributed by atoms with Crippen molar-refractivity contribution < 1.29 is 0 Å². The van der Waals surface area contributed by atoms with E-state index in [0.717, 1.165) is 23.1 Å². The van der Waals surface area contributed by atoms with E-state index in [2.05, 4.69) is 87.2 Å². The second-order valence-electron chi connectivity index (χ2n) is 5.70. The Balaban J connectivity index is 1.46. The number of nitrogens with one attached hydrogen (secondary N) is 2. The summed E-state index contributed by atoms with van der Waals surface area (Å²) in [4.78, 5) is 2.41. The van der Waals surface area contributed by atoms with E-state index in [4.69, 9.17) is 12.2 Å². The second kappa shape index (κ2) is 9.76. The van der Waals surface area contributed by atoms with E-state index in [0.29, 0.717) is 5.11 Å². The average molecular weight is 443 g/mol. The Bertz CT molecular complexity index is 834. The molecule has 0 heterocycles. The van der Waals surface area contributed by atoms with Crippen LogP contribution in [0, 0.1) is 0 Å². The standard InChI is InChI=1S/C21H19BrN2S2/c22-17-6-10-19(11-7-17)26-20-12-8-18(9-13-20)24-21(25)23-15-14-16-4-2-1-3-5-16/h1-13H,14-15H2,(H2,23,24,25). The number of rotatable bonds is 6. The molecule has 0 unspecified atom stereocenters. The van der Waals surface area contributed by atoms with Crippen molar-refractivity contribution in [2.24, 2.45) is 0 Å². The number of thiocarbonyl (C=S) groups is 1. The summed E-state index contributed by atoms with van der Waals surface area (Å²) in [7, 11) is 0. The molecule has 0 aliphatic heterocycles. The molecule has 132 valence electrons. The first-order chi connectivity index (χ1) is 12.7. The van der Waals surface area contributed by atoms with Crippen molar-refractivity contribution in [1.82, 2.24) is 5.32 Å². The molecule has 0 atom stereocenters. The number of halogens is 1. The van der Waals surface area contributed by atoms with E-state index in [-0.39, 0.29) is 0 Å². The fourth-order valence-corrected chi connectivity index (χ4v) is 3.69. The van der Waals surface area contributed by atoms with E-state index >= 15 is 0 Å². The molecule has 26 heavy (non-hydrogen) atoms. The molecule has 0 bridgehead atoms. The molecular formula is C21H19BrN2S2. The Labute approximate surface area is 172 Å². The molecule has 3 aromatic rings. The molecule has 0 aromatic heterocycles. The Kier molecular flexibility index (Phi) is 7.12. The van der Waals surface area contributed by atoms with Gasteiger partial charge in [-0.25, -0.2) is 0 Å². The molecular weight excluding hydrogens is 424 g/mol. The third-order valence-electron chi connectivity index (χ3n) is 3.70. The number of hydrogen-bond donors (Lipinski definition) is 2. The molecule has 0 radical (unpaired) electrons. The lowest BCUT2D eigenvalue weighted by molar-refractivity contribution is 0.873. The smallest absolute Gasteiger partial charge is 0.170 e. The zero-order valence-electron chi connectivity index (χ0n) is 14.1. The number of anilines is 1. The molecule has 0 saturated heterocycles. The summed E-state index contributed by atoms with van der Waals surface area (Å²) in [6.45, 7) is 0.813. The fraction of sp³-hybridized carbons (Fsp3) is 0.0952. The molecule has 3 aromatic carbocycles. The highest BCUT2D eigenvalue weighted by Gasteiger charge is 2.01. The van der Waals surface area contributed by atoms with Crippen LogP contribution < -0.4 is 10.6 Å². The van der Waals surface area contributed by atoms with E-state index in [9.17, 15) is 0 Å². The van der Waals surface area contributed by atoms with Crippen molar-refractivity contribution in [3.8, 4) is 0 Å². The summed E-state index contributed by atoms with van der Waals surface area (Å²) in [5.74, 6) is 0. The fourth-order valence-electron chi connectivity index (χ4n) is 2.39. The molecule has 0 spiro atoms. The lowest BCUT2D eigenvalue weighted by Gasteiger charge is -2.11. The first-order valence-corrected chi connectivity index (χ1v) is 10.3. The van der Waals surface area contributed by atoms with Gasteiger partial charge in [0.15, 0.2) is 5.11 Å². The monoisotopic (exact) mass is 442 g/mol. The van der Waals surface area contributed by atoms with Crippen LogP contribution in [0.25, 0.3) is 0 Å². The van der Waals surface area contributed by atoms with Crippen LogP contribution >= 0.6 is 39.9 Å². The summed E-state index contributed by atoms with van der Waals surface area (Å²) in [6, 6.07) is 27.0. The van der Waals surface area contributed by atoms with Crippen LogP contribution in [0.5, 0.6) is 0 Å². The first kappa shape index (κ1) is 19.0. The lowest BCUT2D eigenvalue weighted by Crippen LogP contribution is -2.30. The molecule has 5 heteroatoms. The van der Waals surface area contributed by atoms with Crippen LogP contribution in [-0.2, 0) is 6.42 Å². The molecule has 2 N–H and O–H groups in total. The maximum Gasteiger partial charge on any atom is 0.170 e. The summed E-state index contributed by atoms with van der Waals surface area (Å²) < 4.78 is 1.09. The highest BCUT2D eigenvalue weighted by Crippen LogP contribution is 2.29. The van der Waals surface area contributed by atoms with Gasteiger partial charge in [0.05, 0.1) is 0 Å². The van der Waals surface area contributed by atoms with Crippen molar-refractivity contribution in [3.05, 3.63) is 88.9 Å². The molecule has 0 fully saturated rings. The van der Waals surface area contributed by atoms with Crippen molar-refractivity contribution in [2.75, 3.05) is 11.9 Å². The molecule has 0 aliphatic carbocycles. The maximum absolute atomic E-state index is 5.37. The van der Waals surface area contributed by atoms with E-state index < -0.39 is 0 Å². The van der Waals surface area contributed by atoms with E-state index in [1.165, 1.54) is 15.4 Å². The third kappa shape index (κ3) is 6.16. The van der Waals surface area contributed by atoms with Gasteiger partial charge >= 0.3 is 0 Å². The lowest BCUT2D eigenvalue weighted by atomic mass is 10.1. The normalized spacial score (nSPS) is 10.3. The minimum Gasteiger partial charge on any atom is -0.362 e. The zero-order chi connectivity index (χ0) is 18.2. The highest BCUT2D eigenvalue weighted by molar-refractivity contribution is 9.10. The summed E-state index contributed by atoms with van der Waals surface area (Å²) in [5, 5.41) is 7.13. The zero-order valence-corrected chi connectivity index (χ0v) is 17.3. The molecule has 0 saturated carbocycles. The van der Waals surface area contributed by atoms with Crippen LogP contribution in [0.3, 0.4) is 0 Å². The van der Waals surface area contributed by atoms with Gasteiger partial charge in [-0.05, 0) is 72.7 Å². The van der Waals surface area contributed by atoms with E-state index in [1.54, 1.807) is 11.8 Å². The van der Waals surface area contributed by atoms with E-state index in [1.807, 2.05) is 18.2 Å². The van der Waals surface area contributed by atoms with Gasteiger partial charge in [-0.1, -0.05) is 58.0 Å². The number of benzene rings is 3. The van der Waals surface area contributed by atoms with Gasteiger partial charge in [0.1, 0.15) is 0 Å². The summed E-state index contributed by atoms with van der Waals surface area (Å²) in [5.41, 5.74) is 2.29. The first-order valence-electron chi connectivity index (χ1n) is 8.31. The van der Waals surface area contributed by atoms with Crippen LogP contribution in [0.4, 0.5) is 5.69 Å². The predicted molar refractivity (Wildman–Crippen MR) is 119 cm³/mol. The maximum atomic E-state index is 5.37. The van der Waals surface area contributed by atoms with Gasteiger partial charge in [-0.15, -0.1) is 0 Å². The van der Waals surface area contributed by atoms with Gasteiger partial charge < -0.3 is 10.6 Å². The Morgan fingerprint density at radius 1 is 0.846 bits per heavy atom. The average Bonchev–Trinajstić information content (AvgIpc) is 2.66. The Morgan fingerprint density at radius 3 is 2.12 bits per heavy atom. The molecule has 0 amide bonds. The Morgan fingerprint density at radius 2 is 1.46 bits per heavy atom.